The number of rotatable bonds is 9. The van der Waals surface area contributed by atoms with Gasteiger partial charge in [0.15, 0.2) is 0 Å². The van der Waals surface area contributed by atoms with Gasteiger partial charge in [-0.1, -0.05) is 48.9 Å². The summed E-state index contributed by atoms with van der Waals surface area (Å²) in [6.45, 7) is 4.30. The lowest BCUT2D eigenvalue weighted by Crippen LogP contribution is -2.26. The van der Waals surface area contributed by atoms with Crippen molar-refractivity contribution < 1.29 is 17.9 Å². The van der Waals surface area contributed by atoms with E-state index >= 15 is 0 Å². The minimum atomic E-state index is -3.76. The van der Waals surface area contributed by atoms with Gasteiger partial charge in [0.1, 0.15) is 10.8 Å². The number of benzene rings is 2. The fraction of sp³-hybridized carbons (Fsp3) is 0.286. The third-order valence-corrected chi connectivity index (χ3v) is 7.36. The van der Waals surface area contributed by atoms with Crippen LogP contribution < -0.4 is 14.8 Å². The van der Waals surface area contributed by atoms with Gasteiger partial charge in [0.25, 0.3) is 15.9 Å². The van der Waals surface area contributed by atoms with Crippen LogP contribution in [0.4, 0.5) is 5.13 Å². The van der Waals surface area contributed by atoms with Crippen molar-refractivity contribution in [2.45, 2.75) is 31.1 Å². The maximum Gasteiger partial charge on any atom is 0.263 e. The van der Waals surface area contributed by atoms with E-state index in [4.69, 9.17) is 16.3 Å². The van der Waals surface area contributed by atoms with Crippen molar-refractivity contribution >= 4 is 44.0 Å². The number of halogens is 1. The van der Waals surface area contributed by atoms with E-state index in [0.29, 0.717) is 29.3 Å². The molecule has 11 heteroatoms. The first kappa shape index (κ1) is 24.0. The van der Waals surface area contributed by atoms with Gasteiger partial charge in [-0.2, -0.15) is 0 Å². The zero-order chi connectivity index (χ0) is 23.3. The molecule has 2 N–H and O–H groups in total. The smallest absolute Gasteiger partial charge is 0.263 e. The molecule has 0 saturated heterocycles. The molecular formula is C21H23ClN4O4S2. The molecule has 2 aromatic carbocycles. The van der Waals surface area contributed by atoms with E-state index in [-0.39, 0.29) is 21.9 Å². The molecule has 0 aliphatic heterocycles. The summed E-state index contributed by atoms with van der Waals surface area (Å²) in [4.78, 5) is 12.5. The first-order chi connectivity index (χ1) is 15.2. The lowest BCUT2D eigenvalue weighted by Gasteiger charge is -2.10. The van der Waals surface area contributed by atoms with Crippen molar-refractivity contribution in [3.63, 3.8) is 0 Å². The summed E-state index contributed by atoms with van der Waals surface area (Å²) in [6, 6.07) is 11.3. The minimum absolute atomic E-state index is 0.123. The van der Waals surface area contributed by atoms with Gasteiger partial charge in [-0.05, 0) is 42.3 Å². The fourth-order valence-electron chi connectivity index (χ4n) is 2.79. The summed E-state index contributed by atoms with van der Waals surface area (Å²) < 4.78 is 32.8. The summed E-state index contributed by atoms with van der Waals surface area (Å²) in [6.07, 6.45) is 0.531. The molecule has 170 valence electrons. The maximum atomic E-state index is 12.6. The normalized spacial score (nSPS) is 11.4. The largest absolute Gasteiger partial charge is 0.496 e. The highest BCUT2D eigenvalue weighted by Gasteiger charge is 2.18. The molecule has 1 aromatic heterocycles. The molecule has 0 spiro atoms. The molecule has 0 bridgehead atoms. The van der Waals surface area contributed by atoms with Crippen LogP contribution in [-0.4, -0.2) is 38.2 Å². The molecule has 0 fully saturated rings. The molecule has 0 radical (unpaired) electrons. The second-order valence-corrected chi connectivity index (χ2v) is 10.3. The summed E-state index contributed by atoms with van der Waals surface area (Å²) in [5.74, 6) is 0.291. The second-order valence-electron chi connectivity index (χ2n) is 7.20. The Morgan fingerprint density at radius 3 is 2.50 bits per heavy atom. The summed E-state index contributed by atoms with van der Waals surface area (Å²) in [5.41, 5.74) is 1.27. The van der Waals surface area contributed by atoms with Gasteiger partial charge in [-0.15, -0.1) is 10.2 Å². The Morgan fingerprint density at radius 2 is 1.88 bits per heavy atom. The van der Waals surface area contributed by atoms with Crippen molar-refractivity contribution in [1.29, 1.82) is 0 Å². The van der Waals surface area contributed by atoms with Crippen LogP contribution in [0.25, 0.3) is 0 Å². The number of hydrogen-bond donors (Lipinski definition) is 2. The first-order valence-electron chi connectivity index (χ1n) is 9.76. The summed E-state index contributed by atoms with van der Waals surface area (Å²) in [7, 11) is -2.29. The Kier molecular flexibility index (Phi) is 7.70. The summed E-state index contributed by atoms with van der Waals surface area (Å²) >= 11 is 7.14. The highest BCUT2D eigenvalue weighted by molar-refractivity contribution is 7.93. The quantitative estimate of drug-likeness (QED) is 0.463. The van der Waals surface area contributed by atoms with Gasteiger partial charge in [0, 0.05) is 17.5 Å². The van der Waals surface area contributed by atoms with Crippen LogP contribution in [0.1, 0.15) is 40.7 Å². The zero-order valence-corrected chi connectivity index (χ0v) is 20.1. The predicted octanol–water partition coefficient (Wildman–Crippen LogP) is 4.10. The Balaban J connectivity index is 1.58. The lowest BCUT2D eigenvalue weighted by molar-refractivity contribution is 0.0951. The average molecular weight is 495 g/mol. The third-order valence-electron chi connectivity index (χ3n) is 4.50. The van der Waals surface area contributed by atoms with E-state index in [1.165, 1.54) is 30.6 Å². The lowest BCUT2D eigenvalue weighted by atomic mass is 10.1. The molecule has 3 aromatic rings. The van der Waals surface area contributed by atoms with Crippen molar-refractivity contribution in [2.75, 3.05) is 18.4 Å². The van der Waals surface area contributed by atoms with Crippen molar-refractivity contribution in [1.82, 2.24) is 15.5 Å². The molecule has 1 amide bonds. The van der Waals surface area contributed by atoms with Crippen LogP contribution in [0.15, 0.2) is 47.4 Å². The molecule has 0 atom stereocenters. The van der Waals surface area contributed by atoms with E-state index < -0.39 is 10.0 Å². The minimum Gasteiger partial charge on any atom is -0.496 e. The van der Waals surface area contributed by atoms with Gasteiger partial charge in [-0.3, -0.25) is 9.52 Å². The molecule has 1 heterocycles. The van der Waals surface area contributed by atoms with E-state index in [1.54, 1.807) is 30.3 Å². The number of nitrogens with one attached hydrogen (secondary N) is 2. The number of amides is 1. The van der Waals surface area contributed by atoms with Crippen molar-refractivity contribution in [3.8, 4) is 5.75 Å². The van der Waals surface area contributed by atoms with Gasteiger partial charge in [0.05, 0.1) is 17.6 Å². The van der Waals surface area contributed by atoms with Crippen LogP contribution in [0.3, 0.4) is 0 Å². The molecular weight excluding hydrogens is 472 g/mol. The molecule has 0 aliphatic carbocycles. The first-order valence-corrected chi connectivity index (χ1v) is 12.4. The Morgan fingerprint density at radius 1 is 1.16 bits per heavy atom. The number of carbonyl (C=O) groups is 1. The van der Waals surface area contributed by atoms with E-state index in [0.717, 1.165) is 10.6 Å². The number of methoxy groups -OCH3 is 1. The molecule has 8 nitrogen and oxygen atoms in total. The number of sulfonamides is 1. The topological polar surface area (TPSA) is 110 Å². The van der Waals surface area contributed by atoms with Crippen LogP contribution in [-0.2, 0) is 16.4 Å². The van der Waals surface area contributed by atoms with Crippen LogP contribution >= 0.6 is 22.9 Å². The second kappa shape index (κ2) is 10.3. The highest BCUT2D eigenvalue weighted by atomic mass is 35.5. The molecule has 0 unspecified atom stereocenters. The third kappa shape index (κ3) is 5.96. The Labute approximate surface area is 196 Å². The number of hydrogen-bond acceptors (Lipinski definition) is 7. The standard InChI is InChI=1S/C21H23ClN4O4S2/c1-13(2)20-24-25-21(31-20)26-32(28,29)16-7-4-14(5-8-16)10-11-23-19(27)17-9-6-15(22)12-18(17)30-3/h4-9,12-13H,10-11H2,1-3H3,(H,23,27)(H,25,26). The number of aromatic nitrogens is 2. The van der Waals surface area contributed by atoms with E-state index in [1.807, 2.05) is 13.8 Å². The summed E-state index contributed by atoms with van der Waals surface area (Å²) in [5, 5.41) is 12.2. The van der Waals surface area contributed by atoms with E-state index in [2.05, 4.69) is 20.2 Å². The SMILES string of the molecule is COc1cc(Cl)ccc1C(=O)NCCc1ccc(S(=O)(=O)Nc2nnc(C(C)C)s2)cc1. The van der Waals surface area contributed by atoms with Crippen LogP contribution in [0.5, 0.6) is 5.75 Å². The van der Waals surface area contributed by atoms with Gasteiger partial charge in [0.2, 0.25) is 5.13 Å². The van der Waals surface area contributed by atoms with Crippen molar-refractivity contribution in [2.24, 2.45) is 0 Å². The number of ether oxygens (including phenoxy) is 1. The Hall–Kier alpha value is -2.69. The average Bonchev–Trinajstić information content (AvgIpc) is 3.22. The van der Waals surface area contributed by atoms with Crippen molar-refractivity contribution in [3.05, 3.63) is 63.6 Å². The molecule has 0 saturated carbocycles. The maximum absolute atomic E-state index is 12.6. The van der Waals surface area contributed by atoms with Gasteiger partial charge in [-0.25, -0.2) is 8.42 Å². The fourth-order valence-corrected chi connectivity index (χ4v) is 4.92. The monoisotopic (exact) mass is 494 g/mol. The predicted molar refractivity (Wildman–Crippen MR) is 125 cm³/mol. The van der Waals surface area contributed by atoms with Crippen LogP contribution in [0, 0.1) is 0 Å². The zero-order valence-electron chi connectivity index (χ0n) is 17.8. The number of nitrogens with zero attached hydrogens (tertiary/aromatic N) is 2. The van der Waals surface area contributed by atoms with Gasteiger partial charge < -0.3 is 10.1 Å². The molecule has 3 rings (SSSR count). The number of anilines is 1. The highest BCUT2D eigenvalue weighted by Crippen LogP contribution is 2.25. The molecule has 32 heavy (non-hydrogen) atoms. The van der Waals surface area contributed by atoms with Gasteiger partial charge >= 0.3 is 0 Å². The number of carbonyl (C=O) groups excluding carboxylic acids is 1. The van der Waals surface area contributed by atoms with E-state index in [9.17, 15) is 13.2 Å². The van der Waals surface area contributed by atoms with Crippen LogP contribution in [0.2, 0.25) is 5.02 Å². The molecule has 0 aliphatic rings. The Bertz CT molecular complexity index is 1190.